The molecule has 0 radical (unpaired) electrons. The Morgan fingerprint density at radius 2 is 2.27 bits per heavy atom. The van der Waals surface area contributed by atoms with Crippen LogP contribution in [0.15, 0.2) is 18.2 Å². The minimum Gasteiger partial charge on any atom is -0.496 e. The van der Waals surface area contributed by atoms with Gasteiger partial charge in [-0.25, -0.2) is 0 Å². The Morgan fingerprint density at radius 3 is 3.07 bits per heavy atom. The molecule has 1 aromatic rings. The number of hydrogen-bond acceptors (Lipinski definition) is 2. The van der Waals surface area contributed by atoms with E-state index in [0.29, 0.717) is 0 Å². The van der Waals surface area contributed by atoms with E-state index >= 15 is 0 Å². The molecule has 0 atom stereocenters. The van der Waals surface area contributed by atoms with Gasteiger partial charge in [-0.3, -0.25) is 4.79 Å². The third-order valence-corrected chi connectivity index (χ3v) is 2.99. The molecule has 0 saturated carbocycles. The van der Waals surface area contributed by atoms with Crippen molar-refractivity contribution in [1.29, 1.82) is 0 Å². The van der Waals surface area contributed by atoms with E-state index in [2.05, 4.69) is 11.4 Å². The maximum atomic E-state index is 11.6. The molecule has 1 N–H and O–H groups in total. The van der Waals surface area contributed by atoms with Crippen LogP contribution >= 0.6 is 0 Å². The van der Waals surface area contributed by atoms with Crippen molar-refractivity contribution >= 4 is 11.6 Å². The van der Waals surface area contributed by atoms with Gasteiger partial charge >= 0.3 is 0 Å². The molecule has 0 bridgehead atoms. The van der Waals surface area contributed by atoms with Crippen LogP contribution in [0.5, 0.6) is 5.75 Å². The van der Waals surface area contributed by atoms with E-state index < -0.39 is 0 Å². The molecule has 1 aromatic carbocycles. The average Bonchev–Trinajstić information content (AvgIpc) is 2.58. The van der Waals surface area contributed by atoms with Gasteiger partial charge in [0, 0.05) is 22.4 Å². The maximum Gasteiger partial charge on any atom is 0.256 e. The van der Waals surface area contributed by atoms with Gasteiger partial charge in [0.1, 0.15) is 5.75 Å². The van der Waals surface area contributed by atoms with Crippen LogP contribution in [0.4, 0.5) is 0 Å². The fourth-order valence-corrected chi connectivity index (χ4v) is 2.33. The Hall–Kier alpha value is -1.77. The quantitative estimate of drug-likeness (QED) is 0.751. The highest BCUT2D eigenvalue weighted by Crippen LogP contribution is 2.37. The summed E-state index contributed by atoms with van der Waals surface area (Å²) in [5, 5.41) is 2.88. The summed E-state index contributed by atoms with van der Waals surface area (Å²) in [5.41, 5.74) is 3.93. The molecule has 15 heavy (non-hydrogen) atoms. The minimum atomic E-state index is 0.00190. The van der Waals surface area contributed by atoms with Crippen LogP contribution in [0.1, 0.15) is 27.9 Å². The van der Waals surface area contributed by atoms with Crippen molar-refractivity contribution in [2.24, 2.45) is 0 Å². The summed E-state index contributed by atoms with van der Waals surface area (Å²) in [5.74, 6) is 0.887. The first kappa shape index (κ1) is 8.53. The van der Waals surface area contributed by atoms with Gasteiger partial charge < -0.3 is 10.1 Å². The van der Waals surface area contributed by atoms with E-state index in [-0.39, 0.29) is 5.91 Å². The monoisotopic (exact) mass is 201 g/mol. The van der Waals surface area contributed by atoms with Crippen LogP contribution in [-0.4, -0.2) is 13.0 Å². The number of amides is 1. The van der Waals surface area contributed by atoms with Crippen molar-refractivity contribution < 1.29 is 9.53 Å². The lowest BCUT2D eigenvalue weighted by Crippen LogP contribution is -2.12. The van der Waals surface area contributed by atoms with E-state index in [4.69, 9.17) is 4.74 Å². The summed E-state index contributed by atoms with van der Waals surface area (Å²) in [7, 11) is 1.67. The lowest BCUT2D eigenvalue weighted by atomic mass is 9.92. The molecule has 0 unspecified atom stereocenters. The molecule has 1 aliphatic heterocycles. The van der Waals surface area contributed by atoms with E-state index in [1.807, 2.05) is 12.1 Å². The van der Waals surface area contributed by atoms with Crippen molar-refractivity contribution in [3.63, 3.8) is 0 Å². The minimum absolute atomic E-state index is 0.00190. The molecule has 2 aliphatic rings. The Kier molecular flexibility index (Phi) is 1.63. The Morgan fingerprint density at radius 1 is 1.40 bits per heavy atom. The predicted molar refractivity (Wildman–Crippen MR) is 56.8 cm³/mol. The van der Waals surface area contributed by atoms with Gasteiger partial charge in [-0.1, -0.05) is 6.08 Å². The zero-order valence-corrected chi connectivity index (χ0v) is 8.46. The molecule has 1 amide bonds. The molecule has 0 aromatic heterocycles. The predicted octanol–water partition coefficient (Wildman–Crippen LogP) is 1.73. The SMILES string of the molecule is COc1ccc2c3c1CCC=C3NC2=O. The van der Waals surface area contributed by atoms with E-state index in [1.54, 1.807) is 7.11 Å². The molecule has 0 fully saturated rings. The van der Waals surface area contributed by atoms with Gasteiger partial charge in [0.2, 0.25) is 0 Å². The number of rotatable bonds is 1. The highest BCUT2D eigenvalue weighted by Gasteiger charge is 2.29. The van der Waals surface area contributed by atoms with Gasteiger partial charge in [-0.2, -0.15) is 0 Å². The number of carbonyl (C=O) groups is 1. The second-order valence-corrected chi connectivity index (χ2v) is 3.78. The van der Waals surface area contributed by atoms with Crippen molar-refractivity contribution in [2.45, 2.75) is 12.8 Å². The number of allylic oxidation sites excluding steroid dienone is 1. The fourth-order valence-electron chi connectivity index (χ4n) is 2.33. The van der Waals surface area contributed by atoms with Gasteiger partial charge in [0.15, 0.2) is 0 Å². The molecule has 1 heterocycles. The van der Waals surface area contributed by atoms with E-state index in [1.165, 1.54) is 0 Å². The van der Waals surface area contributed by atoms with Crippen LogP contribution in [0.2, 0.25) is 0 Å². The van der Waals surface area contributed by atoms with Crippen LogP contribution in [-0.2, 0) is 6.42 Å². The summed E-state index contributed by atoms with van der Waals surface area (Å²) in [6, 6.07) is 3.71. The first-order valence-corrected chi connectivity index (χ1v) is 5.03. The van der Waals surface area contributed by atoms with Gasteiger partial charge in [0.25, 0.3) is 5.91 Å². The zero-order valence-electron chi connectivity index (χ0n) is 8.46. The van der Waals surface area contributed by atoms with Crippen LogP contribution < -0.4 is 10.1 Å². The summed E-state index contributed by atoms with van der Waals surface area (Å²) in [4.78, 5) is 11.6. The van der Waals surface area contributed by atoms with Crippen LogP contribution in [0.25, 0.3) is 5.70 Å². The molecule has 0 saturated heterocycles. The molecule has 1 aliphatic carbocycles. The van der Waals surface area contributed by atoms with Crippen molar-refractivity contribution in [2.75, 3.05) is 7.11 Å². The number of ether oxygens (including phenoxy) is 1. The molecule has 3 nitrogen and oxygen atoms in total. The summed E-state index contributed by atoms with van der Waals surface area (Å²) in [6.45, 7) is 0. The lowest BCUT2D eigenvalue weighted by molar-refractivity contribution is 0.0981. The molecule has 0 spiro atoms. The smallest absolute Gasteiger partial charge is 0.256 e. The number of benzene rings is 1. The van der Waals surface area contributed by atoms with Gasteiger partial charge in [0.05, 0.1) is 7.11 Å². The van der Waals surface area contributed by atoms with E-state index in [0.717, 1.165) is 41.0 Å². The first-order valence-electron chi connectivity index (χ1n) is 5.03. The van der Waals surface area contributed by atoms with Crippen molar-refractivity contribution in [1.82, 2.24) is 5.32 Å². The Bertz CT molecular complexity index is 489. The first-order chi connectivity index (χ1) is 7.31. The van der Waals surface area contributed by atoms with Crippen molar-refractivity contribution in [3.05, 3.63) is 34.9 Å². The number of carbonyl (C=O) groups excluding carboxylic acids is 1. The molecule has 3 heteroatoms. The molecule has 3 rings (SSSR count). The molecule has 76 valence electrons. The Balaban J connectivity index is 2.33. The van der Waals surface area contributed by atoms with Crippen molar-refractivity contribution in [3.8, 4) is 5.75 Å². The highest BCUT2D eigenvalue weighted by molar-refractivity contribution is 6.10. The number of methoxy groups -OCH3 is 1. The van der Waals surface area contributed by atoms with Gasteiger partial charge in [-0.15, -0.1) is 0 Å². The second kappa shape index (κ2) is 2.86. The summed E-state index contributed by atoms with van der Waals surface area (Å²) < 4.78 is 5.31. The highest BCUT2D eigenvalue weighted by atomic mass is 16.5. The lowest BCUT2D eigenvalue weighted by Gasteiger charge is -2.16. The number of nitrogens with one attached hydrogen (secondary N) is 1. The largest absolute Gasteiger partial charge is 0.496 e. The summed E-state index contributed by atoms with van der Waals surface area (Å²) >= 11 is 0. The fraction of sp³-hybridized carbons (Fsp3) is 0.250. The molecular weight excluding hydrogens is 190 g/mol. The molecular formula is C12H11NO2. The third kappa shape index (κ3) is 1.03. The zero-order chi connectivity index (χ0) is 10.4. The van der Waals surface area contributed by atoms with Crippen LogP contribution in [0, 0.1) is 0 Å². The van der Waals surface area contributed by atoms with Gasteiger partial charge in [-0.05, 0) is 25.0 Å². The number of hydrogen-bond donors (Lipinski definition) is 1. The summed E-state index contributed by atoms with van der Waals surface area (Å²) in [6.07, 6.45) is 3.99. The topological polar surface area (TPSA) is 38.3 Å². The standard InChI is InChI=1S/C12H11NO2/c1-15-10-6-5-8-11-7(10)3-2-4-9(11)13-12(8)14/h4-6H,2-3H2,1H3,(H,13,14). The Labute approximate surface area is 87.7 Å². The second-order valence-electron chi connectivity index (χ2n) is 3.78. The van der Waals surface area contributed by atoms with Crippen LogP contribution in [0.3, 0.4) is 0 Å². The maximum absolute atomic E-state index is 11.6. The van der Waals surface area contributed by atoms with E-state index in [9.17, 15) is 4.79 Å². The normalized spacial score (nSPS) is 16.9. The average molecular weight is 201 g/mol. The third-order valence-electron chi connectivity index (χ3n) is 2.99.